The lowest BCUT2D eigenvalue weighted by Gasteiger charge is -2.36. The Morgan fingerprint density at radius 2 is 1.63 bits per heavy atom. The lowest BCUT2D eigenvalue weighted by atomic mass is 10.0. The van der Waals surface area contributed by atoms with E-state index in [9.17, 15) is 9.59 Å². The minimum Gasteiger partial charge on any atom is -0.369 e. The van der Waals surface area contributed by atoms with Gasteiger partial charge in [0.1, 0.15) is 5.69 Å². The van der Waals surface area contributed by atoms with Crippen LogP contribution in [0, 0.1) is 0 Å². The highest BCUT2D eigenvalue weighted by atomic mass is 16.2. The number of rotatable bonds is 7. The minimum absolute atomic E-state index is 0.479. The van der Waals surface area contributed by atoms with Gasteiger partial charge >= 0.3 is 0 Å². The fraction of sp³-hybridized carbons (Fsp3) is 0.379. The fourth-order valence-corrected chi connectivity index (χ4v) is 5.32. The molecule has 0 atom stereocenters. The molecule has 0 bridgehead atoms. The van der Waals surface area contributed by atoms with Gasteiger partial charge in [0.25, 0.3) is 11.7 Å². The Morgan fingerprint density at radius 3 is 2.34 bits per heavy atom. The van der Waals surface area contributed by atoms with E-state index in [0.29, 0.717) is 11.4 Å². The number of aryl methyl sites for hydroxylation is 1. The first-order valence-electron chi connectivity index (χ1n) is 12.8. The van der Waals surface area contributed by atoms with E-state index in [0.717, 1.165) is 81.0 Å². The number of Topliss-reactive ketones (excluding diaryl/α,β-unsaturated/α-hetero) is 1. The van der Waals surface area contributed by atoms with Crippen LogP contribution in [-0.4, -0.2) is 53.9 Å². The van der Waals surface area contributed by atoms with E-state index in [1.807, 2.05) is 54.6 Å². The van der Waals surface area contributed by atoms with Gasteiger partial charge in [0.15, 0.2) is 0 Å². The van der Waals surface area contributed by atoms with Crippen LogP contribution in [0.5, 0.6) is 0 Å². The number of ketones is 1. The first-order chi connectivity index (χ1) is 17.1. The Kier molecular flexibility index (Phi) is 7.00. The normalized spacial score (nSPS) is 16.1. The van der Waals surface area contributed by atoms with Crippen molar-refractivity contribution in [1.82, 2.24) is 9.47 Å². The molecule has 0 spiro atoms. The molecule has 182 valence electrons. The molecule has 0 unspecified atom stereocenters. The predicted octanol–water partition coefficient (Wildman–Crippen LogP) is 4.84. The number of carbonyl (C=O) groups is 2. The van der Waals surface area contributed by atoms with Crippen LogP contribution in [0.1, 0.15) is 42.4 Å². The van der Waals surface area contributed by atoms with Crippen LogP contribution in [0.2, 0.25) is 0 Å². The van der Waals surface area contributed by atoms with Crippen molar-refractivity contribution in [2.75, 3.05) is 42.9 Å². The topological polar surface area (TPSA) is 57.6 Å². The molecule has 2 aliphatic heterocycles. The zero-order valence-corrected chi connectivity index (χ0v) is 20.5. The van der Waals surface area contributed by atoms with E-state index < -0.39 is 11.7 Å². The van der Waals surface area contributed by atoms with Gasteiger partial charge in [-0.2, -0.15) is 0 Å². The van der Waals surface area contributed by atoms with E-state index in [-0.39, 0.29) is 0 Å². The monoisotopic (exact) mass is 470 g/mol. The first kappa shape index (κ1) is 23.4. The molecular formula is C29H34N4O2. The summed E-state index contributed by atoms with van der Waals surface area (Å²) in [6.07, 6.45) is 4.25. The largest absolute Gasteiger partial charge is 0.369 e. The Morgan fingerprint density at radius 1 is 0.886 bits per heavy atom. The second kappa shape index (κ2) is 10.5. The summed E-state index contributed by atoms with van der Waals surface area (Å²) >= 11 is 0. The van der Waals surface area contributed by atoms with Crippen molar-refractivity contribution in [3.05, 3.63) is 72.1 Å². The number of nitrogens with one attached hydrogen (secondary N) is 1. The van der Waals surface area contributed by atoms with Gasteiger partial charge in [-0.05, 0) is 68.1 Å². The zero-order chi connectivity index (χ0) is 24.2. The average molecular weight is 471 g/mol. The van der Waals surface area contributed by atoms with Crippen molar-refractivity contribution in [3.63, 3.8) is 0 Å². The van der Waals surface area contributed by atoms with E-state index >= 15 is 0 Å². The third kappa shape index (κ3) is 5.03. The van der Waals surface area contributed by atoms with Crippen LogP contribution in [-0.2, 0) is 17.8 Å². The van der Waals surface area contributed by atoms with Crippen molar-refractivity contribution in [2.24, 2.45) is 0 Å². The molecule has 1 fully saturated rings. The zero-order valence-electron chi connectivity index (χ0n) is 20.5. The molecule has 2 aromatic carbocycles. The van der Waals surface area contributed by atoms with Crippen molar-refractivity contribution in [1.29, 1.82) is 0 Å². The first-order valence-corrected chi connectivity index (χ1v) is 12.8. The molecular weight excluding hydrogens is 436 g/mol. The van der Waals surface area contributed by atoms with Crippen LogP contribution in [0.15, 0.2) is 60.7 Å². The van der Waals surface area contributed by atoms with Crippen molar-refractivity contribution in [3.8, 4) is 11.1 Å². The van der Waals surface area contributed by atoms with Crippen molar-refractivity contribution in [2.45, 2.75) is 39.2 Å². The van der Waals surface area contributed by atoms with Crippen LogP contribution < -0.4 is 10.2 Å². The van der Waals surface area contributed by atoms with E-state index in [1.165, 1.54) is 6.42 Å². The summed E-state index contributed by atoms with van der Waals surface area (Å²) in [6.45, 7) is 8.31. The number of carbonyl (C=O) groups excluding carboxylic acids is 2. The minimum atomic E-state index is -0.588. The Labute approximate surface area is 207 Å². The quantitative estimate of drug-likeness (QED) is 0.396. The van der Waals surface area contributed by atoms with Gasteiger partial charge in [-0.25, -0.2) is 0 Å². The third-order valence-electron chi connectivity index (χ3n) is 7.16. The molecule has 0 aliphatic carbocycles. The summed E-state index contributed by atoms with van der Waals surface area (Å²) < 4.78 is 2.05. The summed E-state index contributed by atoms with van der Waals surface area (Å²) in [6, 6.07) is 19.8. The average Bonchev–Trinajstić information content (AvgIpc) is 3.29. The molecule has 1 N–H and O–H groups in total. The summed E-state index contributed by atoms with van der Waals surface area (Å²) in [4.78, 5) is 31.4. The number of hydrogen-bond donors (Lipinski definition) is 1. The standard InChI is InChI=1S/C29H34N4O2/c1-2-15-31-17-19-32(20-18-31)24-13-11-23(12-14-24)30-29(35)28(34)27-26(22-8-4-3-5-9-22)21-25-10-6-7-16-33(25)27/h3-5,8-9,11-14,21H,2,6-7,10,15-20H2,1H3,(H,30,35). The van der Waals surface area contributed by atoms with Crippen LogP contribution in [0.3, 0.4) is 0 Å². The fourth-order valence-electron chi connectivity index (χ4n) is 5.32. The van der Waals surface area contributed by atoms with E-state index in [1.54, 1.807) is 0 Å². The molecule has 1 aromatic heterocycles. The molecule has 3 aromatic rings. The molecule has 3 heterocycles. The third-order valence-corrected chi connectivity index (χ3v) is 7.16. The number of fused-ring (bicyclic) bond motifs is 1. The molecule has 1 saturated heterocycles. The summed E-state index contributed by atoms with van der Waals surface area (Å²) in [7, 11) is 0. The molecule has 35 heavy (non-hydrogen) atoms. The van der Waals surface area contributed by atoms with E-state index in [2.05, 4.69) is 32.7 Å². The maximum atomic E-state index is 13.4. The summed E-state index contributed by atoms with van der Waals surface area (Å²) in [5, 5.41) is 2.84. The van der Waals surface area contributed by atoms with Crippen LogP contribution in [0.4, 0.5) is 11.4 Å². The number of piperazine rings is 1. The Balaban J connectivity index is 1.30. The molecule has 6 nitrogen and oxygen atoms in total. The van der Waals surface area contributed by atoms with Gasteiger partial charge in [-0.3, -0.25) is 14.5 Å². The van der Waals surface area contributed by atoms with Crippen LogP contribution >= 0.6 is 0 Å². The number of hydrogen-bond acceptors (Lipinski definition) is 4. The predicted molar refractivity (Wildman–Crippen MR) is 141 cm³/mol. The highest BCUT2D eigenvalue weighted by Crippen LogP contribution is 2.31. The molecule has 0 radical (unpaired) electrons. The second-order valence-electron chi connectivity index (χ2n) is 9.53. The molecule has 1 amide bonds. The van der Waals surface area contributed by atoms with E-state index in [4.69, 9.17) is 0 Å². The van der Waals surface area contributed by atoms with Gasteiger partial charge < -0.3 is 14.8 Å². The van der Waals surface area contributed by atoms with Crippen molar-refractivity contribution < 1.29 is 9.59 Å². The highest BCUT2D eigenvalue weighted by molar-refractivity contribution is 6.47. The molecule has 0 saturated carbocycles. The molecule has 2 aliphatic rings. The Hall–Kier alpha value is -3.38. The Bertz CT molecular complexity index is 1180. The van der Waals surface area contributed by atoms with Gasteiger partial charge in [0.2, 0.25) is 0 Å². The number of anilines is 2. The van der Waals surface area contributed by atoms with Gasteiger partial charge in [-0.15, -0.1) is 0 Å². The SMILES string of the molecule is CCCN1CCN(c2ccc(NC(=O)C(=O)c3c(-c4ccccc4)cc4n3CCCC4)cc2)CC1. The van der Waals surface area contributed by atoms with Gasteiger partial charge in [-0.1, -0.05) is 37.3 Å². The molecule has 5 rings (SSSR count). The summed E-state index contributed by atoms with van der Waals surface area (Å²) in [5.41, 5.74) is 5.25. The number of aromatic nitrogens is 1. The number of benzene rings is 2. The van der Waals surface area contributed by atoms with Crippen molar-refractivity contribution >= 4 is 23.1 Å². The van der Waals surface area contributed by atoms with Gasteiger partial charge in [0.05, 0.1) is 0 Å². The smallest absolute Gasteiger partial charge is 0.298 e. The lowest BCUT2D eigenvalue weighted by Crippen LogP contribution is -2.46. The maximum Gasteiger partial charge on any atom is 0.298 e. The second-order valence-corrected chi connectivity index (χ2v) is 9.53. The maximum absolute atomic E-state index is 13.4. The molecule has 6 heteroatoms. The lowest BCUT2D eigenvalue weighted by molar-refractivity contribution is -0.112. The summed E-state index contributed by atoms with van der Waals surface area (Å²) in [5.74, 6) is -1.07. The highest BCUT2D eigenvalue weighted by Gasteiger charge is 2.28. The van der Waals surface area contributed by atoms with Gasteiger partial charge in [0, 0.05) is 55.4 Å². The number of amides is 1. The number of nitrogens with zero attached hydrogens (tertiary/aromatic N) is 3. The van der Waals surface area contributed by atoms with Crippen LogP contribution in [0.25, 0.3) is 11.1 Å².